The van der Waals surface area contributed by atoms with Crippen LogP contribution in [0.15, 0.2) is 99.9 Å². The number of para-hydroxylation sites is 1. The highest BCUT2D eigenvalue weighted by Gasteiger charge is 2.32. The molecule has 0 radical (unpaired) electrons. The van der Waals surface area contributed by atoms with Gasteiger partial charge >= 0.3 is 5.97 Å². The first-order valence-corrected chi connectivity index (χ1v) is 13.7. The van der Waals surface area contributed by atoms with Gasteiger partial charge in [0.1, 0.15) is 11.5 Å². The molecular weight excluding hydrogens is 542 g/mol. The van der Waals surface area contributed by atoms with Gasteiger partial charge in [0, 0.05) is 5.69 Å². The number of ether oxygens (including phenoxy) is 2. The minimum Gasteiger partial charge on any atom is -0.494 e. The van der Waals surface area contributed by atoms with Crippen LogP contribution in [0.1, 0.15) is 31.0 Å². The molecule has 0 spiro atoms. The van der Waals surface area contributed by atoms with E-state index in [4.69, 9.17) is 14.6 Å². The number of rotatable bonds is 9. The lowest BCUT2D eigenvalue weighted by molar-refractivity contribution is -0.139. The van der Waals surface area contributed by atoms with E-state index >= 15 is 0 Å². The van der Waals surface area contributed by atoms with Crippen molar-refractivity contribution in [2.45, 2.75) is 19.9 Å². The molecule has 10 heteroatoms. The predicted molar refractivity (Wildman–Crippen MR) is 156 cm³/mol. The largest absolute Gasteiger partial charge is 0.494 e. The van der Waals surface area contributed by atoms with E-state index in [-0.39, 0.29) is 11.5 Å². The normalized spacial score (nSPS) is 14.7. The molecule has 3 aromatic carbocycles. The molecule has 2 N–H and O–H groups in total. The van der Waals surface area contributed by atoms with E-state index < -0.39 is 18.6 Å². The highest BCUT2D eigenvalue weighted by molar-refractivity contribution is 7.07. The summed E-state index contributed by atoms with van der Waals surface area (Å²) in [6, 6.07) is 22.6. The summed E-state index contributed by atoms with van der Waals surface area (Å²) in [6.07, 6.45) is 1.70. The smallest absolute Gasteiger partial charge is 0.341 e. The first-order valence-electron chi connectivity index (χ1n) is 12.9. The zero-order valence-electron chi connectivity index (χ0n) is 22.4. The van der Waals surface area contributed by atoms with Gasteiger partial charge in [0.2, 0.25) is 0 Å². The maximum absolute atomic E-state index is 13.9. The Kier molecular flexibility index (Phi) is 8.11. The van der Waals surface area contributed by atoms with E-state index in [1.165, 1.54) is 11.3 Å². The molecule has 5 rings (SSSR count). The molecule has 0 fully saturated rings. The molecule has 1 atom stereocenters. The summed E-state index contributed by atoms with van der Waals surface area (Å²) < 4.78 is 12.8. The van der Waals surface area contributed by atoms with Crippen molar-refractivity contribution in [3.8, 4) is 11.5 Å². The van der Waals surface area contributed by atoms with Crippen LogP contribution in [0.5, 0.6) is 11.5 Å². The number of hydrogen-bond acceptors (Lipinski definition) is 7. The monoisotopic (exact) mass is 569 g/mol. The highest BCUT2D eigenvalue weighted by atomic mass is 32.1. The average Bonchev–Trinajstić information content (AvgIpc) is 3.26. The van der Waals surface area contributed by atoms with Crippen LogP contribution in [0, 0.1) is 0 Å². The minimum atomic E-state index is -1.08. The molecule has 41 heavy (non-hydrogen) atoms. The number of carbonyl (C=O) groups is 2. The van der Waals surface area contributed by atoms with Gasteiger partial charge in [-0.05, 0) is 67.4 Å². The number of hydrogen-bond donors (Lipinski definition) is 2. The topological polar surface area (TPSA) is 119 Å². The number of allylic oxidation sites excluding steroid dienone is 1. The quantitative estimate of drug-likeness (QED) is 0.317. The molecule has 1 aromatic heterocycles. The van der Waals surface area contributed by atoms with Crippen LogP contribution in [-0.4, -0.2) is 34.8 Å². The molecule has 0 saturated heterocycles. The summed E-state index contributed by atoms with van der Waals surface area (Å²) in [5.74, 6) is -0.379. The second-order valence-electron chi connectivity index (χ2n) is 9.16. The van der Waals surface area contributed by atoms with Gasteiger partial charge < -0.3 is 19.9 Å². The van der Waals surface area contributed by atoms with E-state index in [0.717, 1.165) is 5.56 Å². The van der Waals surface area contributed by atoms with E-state index in [0.29, 0.717) is 50.0 Å². The predicted octanol–water partition coefficient (Wildman–Crippen LogP) is 3.74. The molecule has 1 aliphatic rings. The second kappa shape index (κ2) is 12.1. The molecule has 0 aliphatic carbocycles. The number of carboxylic acid groups (broad SMARTS) is 1. The number of nitrogens with one attached hydrogen (secondary N) is 1. The van der Waals surface area contributed by atoms with Gasteiger partial charge in [0.15, 0.2) is 11.4 Å². The molecule has 1 amide bonds. The third-order valence-electron chi connectivity index (χ3n) is 6.32. The van der Waals surface area contributed by atoms with Crippen LogP contribution < -0.4 is 29.7 Å². The zero-order valence-corrected chi connectivity index (χ0v) is 23.2. The number of carbonyl (C=O) groups excluding carboxylic acids is 1. The third-order valence-corrected chi connectivity index (χ3v) is 7.31. The lowest BCUT2D eigenvalue weighted by atomic mass is 9.95. The van der Waals surface area contributed by atoms with Gasteiger partial charge in [0.25, 0.3) is 11.5 Å². The van der Waals surface area contributed by atoms with Crippen LogP contribution in [0.2, 0.25) is 0 Å². The zero-order chi connectivity index (χ0) is 28.9. The van der Waals surface area contributed by atoms with Crippen molar-refractivity contribution in [3.05, 3.63) is 121 Å². The molecule has 0 saturated carbocycles. The summed E-state index contributed by atoms with van der Waals surface area (Å²) in [4.78, 5) is 43.6. The Bertz CT molecular complexity index is 1810. The number of benzene rings is 3. The molecule has 2 heterocycles. The first-order chi connectivity index (χ1) is 19.8. The van der Waals surface area contributed by atoms with E-state index in [1.807, 2.05) is 49.4 Å². The molecule has 9 nitrogen and oxygen atoms in total. The number of thiazole rings is 1. The Hall–Kier alpha value is -4.96. The van der Waals surface area contributed by atoms with E-state index in [2.05, 4.69) is 10.3 Å². The summed E-state index contributed by atoms with van der Waals surface area (Å²) >= 11 is 1.21. The number of carboxylic acids is 1. The van der Waals surface area contributed by atoms with Gasteiger partial charge in [-0.25, -0.2) is 9.79 Å². The van der Waals surface area contributed by atoms with E-state index in [9.17, 15) is 14.4 Å². The van der Waals surface area contributed by atoms with Gasteiger partial charge in [-0.1, -0.05) is 53.8 Å². The fourth-order valence-corrected chi connectivity index (χ4v) is 5.60. The summed E-state index contributed by atoms with van der Waals surface area (Å²) in [5, 5.41) is 11.8. The third kappa shape index (κ3) is 6.12. The number of aliphatic carboxylic acids is 1. The number of fused-ring (bicyclic) bond motifs is 1. The maximum Gasteiger partial charge on any atom is 0.341 e. The Morgan fingerprint density at radius 1 is 1.02 bits per heavy atom. The Labute approximate surface area is 239 Å². The van der Waals surface area contributed by atoms with Gasteiger partial charge in [-0.15, -0.1) is 0 Å². The van der Waals surface area contributed by atoms with Crippen LogP contribution in [-0.2, 0) is 9.59 Å². The van der Waals surface area contributed by atoms with Crippen molar-refractivity contribution in [1.29, 1.82) is 0 Å². The van der Waals surface area contributed by atoms with Crippen molar-refractivity contribution in [2.24, 2.45) is 4.99 Å². The summed E-state index contributed by atoms with van der Waals surface area (Å²) in [5.41, 5.74) is 2.59. The SMILES string of the molecule is CCOc1ccc([C@H]2C(C(=O)Nc3ccccc3)=C(C)N=c3s/c(=C/c4cccc(OCC(=O)O)c4)c(=O)n32)cc1. The van der Waals surface area contributed by atoms with Gasteiger partial charge in [-0.2, -0.15) is 0 Å². The van der Waals surface area contributed by atoms with Crippen molar-refractivity contribution in [1.82, 2.24) is 4.57 Å². The lowest BCUT2D eigenvalue weighted by Gasteiger charge is -2.25. The van der Waals surface area contributed by atoms with Crippen LogP contribution >= 0.6 is 11.3 Å². The van der Waals surface area contributed by atoms with Crippen molar-refractivity contribution < 1.29 is 24.2 Å². The molecule has 208 valence electrons. The lowest BCUT2D eigenvalue weighted by Crippen LogP contribution is -2.40. The minimum absolute atomic E-state index is 0.304. The Morgan fingerprint density at radius 3 is 2.49 bits per heavy atom. The van der Waals surface area contributed by atoms with Crippen LogP contribution in [0.3, 0.4) is 0 Å². The van der Waals surface area contributed by atoms with Crippen LogP contribution in [0.25, 0.3) is 6.08 Å². The van der Waals surface area contributed by atoms with Crippen molar-refractivity contribution >= 4 is 35.0 Å². The number of anilines is 1. The number of nitrogens with zero attached hydrogens (tertiary/aromatic N) is 2. The fourth-order valence-electron chi connectivity index (χ4n) is 4.55. The van der Waals surface area contributed by atoms with Gasteiger partial charge in [-0.3, -0.25) is 14.2 Å². The second-order valence-corrected chi connectivity index (χ2v) is 10.2. The molecule has 4 aromatic rings. The average molecular weight is 570 g/mol. The maximum atomic E-state index is 13.9. The fraction of sp³-hybridized carbons (Fsp3) is 0.161. The number of aromatic nitrogens is 1. The summed E-state index contributed by atoms with van der Waals surface area (Å²) in [7, 11) is 0. The van der Waals surface area contributed by atoms with Gasteiger partial charge in [0.05, 0.1) is 28.5 Å². The molecule has 0 bridgehead atoms. The van der Waals surface area contributed by atoms with E-state index in [1.54, 1.807) is 54.0 Å². The summed E-state index contributed by atoms with van der Waals surface area (Å²) in [6.45, 7) is 3.71. The van der Waals surface area contributed by atoms with Crippen molar-refractivity contribution in [2.75, 3.05) is 18.5 Å². The Morgan fingerprint density at radius 2 is 1.78 bits per heavy atom. The van der Waals surface area contributed by atoms with Crippen molar-refractivity contribution in [3.63, 3.8) is 0 Å². The highest BCUT2D eigenvalue weighted by Crippen LogP contribution is 2.31. The molecular formula is C31H27N3O6S. The first kappa shape index (κ1) is 27.6. The Balaban J connectivity index is 1.60. The molecule has 0 unspecified atom stereocenters. The number of amides is 1. The van der Waals surface area contributed by atoms with Crippen LogP contribution in [0.4, 0.5) is 5.69 Å². The molecule has 1 aliphatic heterocycles. The standard InChI is InChI=1S/C31H27N3O6S/c1-3-39-23-14-12-21(13-15-23)28-27(29(37)33-22-9-5-4-6-10-22)19(2)32-31-34(28)30(38)25(41-31)17-20-8-7-11-24(16-20)40-18-26(35)36/h4-17,28H,3,18H2,1-2H3,(H,33,37)(H,35,36)/b25-17+/t28-/m0/s1.